The van der Waals surface area contributed by atoms with Crippen LogP contribution in [0.15, 0.2) is 84.0 Å². The van der Waals surface area contributed by atoms with Gasteiger partial charge in [0.1, 0.15) is 5.82 Å². The molecule has 3 aromatic carbocycles. The number of nitro benzene ring substituents is 1. The molecule has 0 amide bonds. The maximum atomic E-state index is 11.4. The third-order valence-corrected chi connectivity index (χ3v) is 6.32. The Bertz CT molecular complexity index is 1570. The van der Waals surface area contributed by atoms with Gasteiger partial charge in [-0.3, -0.25) is 10.1 Å². The Hall–Kier alpha value is -4.72. The Morgan fingerprint density at radius 3 is 2.54 bits per heavy atom. The minimum absolute atomic E-state index is 0.0573. The zero-order chi connectivity index (χ0) is 25.8. The van der Waals surface area contributed by atoms with Crippen LogP contribution in [-0.4, -0.2) is 30.7 Å². The van der Waals surface area contributed by atoms with E-state index in [2.05, 4.69) is 21.9 Å². The van der Waals surface area contributed by atoms with Crippen LogP contribution in [0.3, 0.4) is 0 Å². The number of benzene rings is 3. The first-order chi connectivity index (χ1) is 18.0. The number of aliphatic imine (C=N–C) groups is 1. The van der Waals surface area contributed by atoms with Crippen LogP contribution in [0.5, 0.6) is 5.88 Å². The third-order valence-electron chi connectivity index (χ3n) is 6.32. The highest BCUT2D eigenvalue weighted by molar-refractivity contribution is 6.22. The van der Waals surface area contributed by atoms with Gasteiger partial charge in [0, 0.05) is 35.0 Å². The summed E-state index contributed by atoms with van der Waals surface area (Å²) in [6, 6.07) is 21.7. The summed E-state index contributed by atoms with van der Waals surface area (Å²) in [5, 5.41) is 22.8. The minimum Gasteiger partial charge on any atom is -0.494 e. The van der Waals surface area contributed by atoms with Crippen molar-refractivity contribution in [3.05, 3.63) is 106 Å². The molecule has 0 bridgehead atoms. The van der Waals surface area contributed by atoms with Gasteiger partial charge in [-0.1, -0.05) is 62.2 Å². The number of aromatic hydroxyl groups is 1. The second-order valence-electron chi connectivity index (χ2n) is 8.91. The molecule has 2 aromatic heterocycles. The third kappa shape index (κ3) is 5.13. The van der Waals surface area contributed by atoms with Crippen molar-refractivity contribution in [1.82, 2.24) is 15.0 Å². The molecule has 8 heteroatoms. The number of imidazole rings is 1. The summed E-state index contributed by atoms with van der Waals surface area (Å²) in [6.07, 6.45) is 6.26. The fraction of sp³-hybridized carbons (Fsp3) is 0.172. The van der Waals surface area contributed by atoms with Crippen molar-refractivity contribution in [3.63, 3.8) is 0 Å². The van der Waals surface area contributed by atoms with E-state index in [4.69, 9.17) is 4.99 Å². The molecule has 3 N–H and O–H groups in total. The number of unbranched alkanes of at least 4 members (excludes halogenated alkanes) is 2. The lowest BCUT2D eigenvalue weighted by molar-refractivity contribution is -0.384. The van der Waals surface area contributed by atoms with E-state index < -0.39 is 4.92 Å². The zero-order valence-electron chi connectivity index (χ0n) is 20.4. The summed E-state index contributed by atoms with van der Waals surface area (Å²) < 4.78 is 0. The molecule has 8 nitrogen and oxygen atoms in total. The van der Waals surface area contributed by atoms with Crippen molar-refractivity contribution in [2.24, 2.45) is 4.99 Å². The van der Waals surface area contributed by atoms with Gasteiger partial charge in [-0.15, -0.1) is 0 Å². The molecule has 0 radical (unpaired) electrons. The van der Waals surface area contributed by atoms with Crippen LogP contribution >= 0.6 is 0 Å². The van der Waals surface area contributed by atoms with Gasteiger partial charge in [0.2, 0.25) is 0 Å². The van der Waals surface area contributed by atoms with Crippen LogP contribution in [-0.2, 0) is 6.42 Å². The van der Waals surface area contributed by atoms with Gasteiger partial charge >= 0.3 is 0 Å². The first-order valence-electron chi connectivity index (χ1n) is 12.3. The molecular weight excluding hydrogens is 466 g/mol. The number of hydrogen-bond acceptors (Lipinski definition) is 5. The first kappa shape index (κ1) is 24.0. The maximum absolute atomic E-state index is 11.4. The highest BCUT2D eigenvalue weighted by Crippen LogP contribution is 2.34. The second-order valence-corrected chi connectivity index (χ2v) is 8.91. The maximum Gasteiger partial charge on any atom is 0.270 e. The van der Waals surface area contributed by atoms with Gasteiger partial charge in [0.05, 0.1) is 33.8 Å². The quantitative estimate of drug-likeness (QED) is 0.0879. The monoisotopic (exact) mass is 493 g/mol. The molecule has 0 aliphatic carbocycles. The molecule has 0 unspecified atom stereocenters. The van der Waals surface area contributed by atoms with Crippen LogP contribution in [0.25, 0.3) is 22.2 Å². The molecule has 0 fully saturated rings. The molecule has 0 spiro atoms. The Morgan fingerprint density at radius 1 is 1.03 bits per heavy atom. The number of non-ortho nitro benzene ring substituents is 1. The number of hydrogen-bond donors (Lipinski definition) is 3. The topological polar surface area (TPSA) is 120 Å². The van der Waals surface area contributed by atoms with Crippen molar-refractivity contribution >= 4 is 28.0 Å². The standard InChI is InChI=1S/C29H27N5O3/c1-2-3-5-10-26-30-18-25(32-26)19-11-13-21(14-12-19)31-28(20-8-6-4-7-9-20)27-23-17-22(34(36)37)15-16-24(23)33-29(27)35/h4,6-9,11-18,33,35H,2-3,5,10H2,1H3,(H,30,32). The smallest absolute Gasteiger partial charge is 0.270 e. The summed E-state index contributed by atoms with van der Waals surface area (Å²) in [7, 11) is 0. The number of H-pyrrole nitrogens is 2. The SMILES string of the molecule is CCCCCc1ncc(-c2ccc(N=C(c3ccccc3)c3c(O)[nH]c4ccc([N+](=O)[O-])cc34)cc2)[nH]1. The predicted molar refractivity (Wildman–Crippen MR) is 146 cm³/mol. The lowest BCUT2D eigenvalue weighted by atomic mass is 10.0. The molecule has 5 rings (SSSR count). The van der Waals surface area contributed by atoms with Crippen molar-refractivity contribution < 1.29 is 10.0 Å². The summed E-state index contributed by atoms with van der Waals surface area (Å²) in [5.41, 5.74) is 4.87. The van der Waals surface area contributed by atoms with E-state index in [1.54, 1.807) is 6.07 Å². The molecule has 0 aliphatic heterocycles. The van der Waals surface area contributed by atoms with Gasteiger partial charge in [0.25, 0.3) is 5.69 Å². The lowest BCUT2D eigenvalue weighted by Gasteiger charge is -2.08. The Kier molecular flexibility index (Phi) is 6.81. The lowest BCUT2D eigenvalue weighted by Crippen LogP contribution is -2.03. The van der Waals surface area contributed by atoms with Crippen LogP contribution in [0, 0.1) is 10.1 Å². The molecule has 2 heterocycles. The van der Waals surface area contributed by atoms with E-state index in [-0.39, 0.29) is 11.6 Å². The van der Waals surface area contributed by atoms with Gasteiger partial charge in [-0.25, -0.2) is 9.98 Å². The second kappa shape index (κ2) is 10.5. The van der Waals surface area contributed by atoms with Crippen LogP contribution < -0.4 is 0 Å². The largest absolute Gasteiger partial charge is 0.494 e. The van der Waals surface area contributed by atoms with Crippen molar-refractivity contribution in [3.8, 4) is 17.1 Å². The van der Waals surface area contributed by atoms with Crippen LogP contribution in [0.1, 0.15) is 43.1 Å². The number of nitrogens with zero attached hydrogens (tertiary/aromatic N) is 3. The van der Waals surface area contributed by atoms with Gasteiger partial charge in [-0.05, 0) is 30.2 Å². The van der Waals surface area contributed by atoms with Gasteiger partial charge < -0.3 is 15.1 Å². The average Bonchev–Trinajstić information content (AvgIpc) is 3.52. The molecule has 0 aliphatic rings. The van der Waals surface area contributed by atoms with Crippen LogP contribution in [0.2, 0.25) is 0 Å². The number of rotatable bonds is 9. The van der Waals surface area contributed by atoms with Crippen molar-refractivity contribution in [2.45, 2.75) is 32.6 Å². The number of nitro groups is 1. The molecule has 5 aromatic rings. The number of aromatic nitrogens is 3. The van der Waals surface area contributed by atoms with E-state index in [0.717, 1.165) is 35.5 Å². The van der Waals surface area contributed by atoms with Gasteiger partial charge in [-0.2, -0.15) is 0 Å². The van der Waals surface area contributed by atoms with E-state index >= 15 is 0 Å². The minimum atomic E-state index is -0.448. The molecule has 0 atom stereocenters. The first-order valence-corrected chi connectivity index (χ1v) is 12.3. The molecule has 186 valence electrons. The van der Waals surface area contributed by atoms with Gasteiger partial charge in [0.15, 0.2) is 5.88 Å². The normalized spacial score (nSPS) is 11.8. The molecule has 0 saturated heterocycles. The number of aromatic amines is 2. The van der Waals surface area contributed by atoms with Crippen molar-refractivity contribution in [1.29, 1.82) is 0 Å². The summed E-state index contributed by atoms with van der Waals surface area (Å²) in [6.45, 7) is 2.19. The Morgan fingerprint density at radius 2 is 1.81 bits per heavy atom. The molecule has 37 heavy (non-hydrogen) atoms. The number of nitrogens with one attached hydrogen (secondary N) is 2. The Labute approximate surface area is 213 Å². The molecule has 0 saturated carbocycles. The summed E-state index contributed by atoms with van der Waals surface area (Å²) >= 11 is 0. The van der Waals surface area contributed by atoms with E-state index in [9.17, 15) is 15.2 Å². The van der Waals surface area contributed by atoms with E-state index in [0.29, 0.717) is 27.9 Å². The highest BCUT2D eigenvalue weighted by atomic mass is 16.6. The zero-order valence-corrected chi connectivity index (χ0v) is 20.4. The Balaban J connectivity index is 1.53. The van der Waals surface area contributed by atoms with Crippen molar-refractivity contribution in [2.75, 3.05) is 0 Å². The number of aryl methyl sites for hydroxylation is 1. The van der Waals surface area contributed by atoms with E-state index in [1.807, 2.05) is 60.8 Å². The average molecular weight is 494 g/mol. The number of fused-ring (bicyclic) bond motifs is 1. The predicted octanol–water partition coefficient (Wildman–Crippen LogP) is 7.07. The fourth-order valence-electron chi connectivity index (χ4n) is 4.40. The summed E-state index contributed by atoms with van der Waals surface area (Å²) in [5.74, 6) is 0.892. The highest BCUT2D eigenvalue weighted by Gasteiger charge is 2.21. The summed E-state index contributed by atoms with van der Waals surface area (Å²) in [4.78, 5) is 26.7. The fourth-order valence-corrected chi connectivity index (χ4v) is 4.40. The van der Waals surface area contributed by atoms with E-state index in [1.165, 1.54) is 25.0 Å². The molecular formula is C29H27N5O3. The van der Waals surface area contributed by atoms with Crippen LogP contribution in [0.4, 0.5) is 11.4 Å².